The summed E-state index contributed by atoms with van der Waals surface area (Å²) in [7, 11) is 1.57. The summed E-state index contributed by atoms with van der Waals surface area (Å²) in [5, 5.41) is 12.5. The van der Waals surface area contributed by atoms with E-state index in [0.29, 0.717) is 16.8 Å². The molecular weight excluding hydrogens is 568 g/mol. The molecule has 2 aromatic carbocycles. The number of aliphatic hydroxyl groups is 1. The Bertz CT molecular complexity index is 1520. The van der Waals surface area contributed by atoms with Gasteiger partial charge in [0.05, 0.1) is 24.8 Å². The van der Waals surface area contributed by atoms with Crippen molar-refractivity contribution in [1.29, 1.82) is 0 Å². The minimum absolute atomic E-state index is 0.0177. The second-order valence-electron chi connectivity index (χ2n) is 10.3. The molecule has 1 aliphatic heterocycles. The number of halogens is 4. The van der Waals surface area contributed by atoms with Crippen molar-refractivity contribution in [3.63, 3.8) is 0 Å². The summed E-state index contributed by atoms with van der Waals surface area (Å²) in [6.45, 7) is 3.58. The van der Waals surface area contributed by atoms with E-state index in [0.717, 1.165) is 12.1 Å². The number of ether oxygens (including phenoxy) is 1. The lowest BCUT2D eigenvalue weighted by molar-refractivity contribution is -0.137. The third-order valence-corrected chi connectivity index (χ3v) is 6.98. The van der Waals surface area contributed by atoms with E-state index in [-0.39, 0.29) is 37.1 Å². The third-order valence-electron chi connectivity index (χ3n) is 6.98. The van der Waals surface area contributed by atoms with E-state index in [2.05, 4.69) is 22.1 Å². The number of hydrogen-bond donors (Lipinski definition) is 2. The average molecular weight is 599 g/mol. The van der Waals surface area contributed by atoms with Gasteiger partial charge in [0, 0.05) is 42.5 Å². The first kappa shape index (κ1) is 31.3. The van der Waals surface area contributed by atoms with Gasteiger partial charge in [-0.15, -0.1) is 0 Å². The molecule has 0 bridgehead atoms. The molecular formula is C31H30F4N4O4. The summed E-state index contributed by atoms with van der Waals surface area (Å²) in [6.07, 6.45) is -3.68. The van der Waals surface area contributed by atoms with Crippen LogP contribution in [-0.4, -0.2) is 70.7 Å². The number of nitrogens with one attached hydrogen (secondary N) is 1. The lowest BCUT2D eigenvalue weighted by atomic mass is 10.00. The molecule has 0 aliphatic carbocycles. The van der Waals surface area contributed by atoms with E-state index in [1.807, 2.05) is 6.92 Å². The van der Waals surface area contributed by atoms with Crippen LogP contribution >= 0.6 is 0 Å². The summed E-state index contributed by atoms with van der Waals surface area (Å²) in [5.74, 6) is 4.47. The molecule has 0 radical (unpaired) electrons. The van der Waals surface area contributed by atoms with E-state index in [1.165, 1.54) is 58.5 Å². The molecule has 0 fully saturated rings. The number of pyridine rings is 1. The van der Waals surface area contributed by atoms with Crippen LogP contribution in [0.25, 0.3) is 0 Å². The third kappa shape index (κ3) is 7.81. The van der Waals surface area contributed by atoms with Gasteiger partial charge in [-0.1, -0.05) is 18.8 Å². The highest BCUT2D eigenvalue weighted by atomic mass is 19.4. The molecule has 1 aromatic heterocycles. The van der Waals surface area contributed by atoms with Crippen LogP contribution in [0.1, 0.15) is 40.9 Å². The van der Waals surface area contributed by atoms with Gasteiger partial charge < -0.3 is 25.0 Å². The predicted octanol–water partition coefficient (Wildman–Crippen LogP) is 5.02. The zero-order valence-electron chi connectivity index (χ0n) is 23.7. The number of benzene rings is 2. The Labute approximate surface area is 246 Å². The van der Waals surface area contributed by atoms with Crippen LogP contribution in [-0.2, 0) is 6.18 Å². The Morgan fingerprint density at radius 2 is 1.81 bits per heavy atom. The van der Waals surface area contributed by atoms with Gasteiger partial charge in [0.25, 0.3) is 5.91 Å². The number of carbonyl (C=O) groups excluding carboxylic acids is 2. The number of hydrogen-bond acceptors (Lipinski definition) is 5. The Morgan fingerprint density at radius 3 is 2.44 bits per heavy atom. The molecule has 43 heavy (non-hydrogen) atoms. The van der Waals surface area contributed by atoms with Crippen molar-refractivity contribution in [2.75, 3.05) is 32.1 Å². The van der Waals surface area contributed by atoms with E-state index in [1.54, 1.807) is 14.0 Å². The zero-order chi connectivity index (χ0) is 31.3. The quantitative estimate of drug-likeness (QED) is 0.318. The maximum atomic E-state index is 13.6. The molecule has 3 atom stereocenters. The molecule has 8 nitrogen and oxygen atoms in total. The number of aliphatic hydroxyl groups excluding tert-OH is 1. The number of carbonyl (C=O) groups is 2. The van der Waals surface area contributed by atoms with Gasteiger partial charge >= 0.3 is 12.2 Å². The number of amides is 3. The second-order valence-corrected chi connectivity index (χ2v) is 10.3. The van der Waals surface area contributed by atoms with Crippen LogP contribution in [0, 0.1) is 23.6 Å². The molecule has 226 valence electrons. The molecule has 1 unspecified atom stereocenters. The van der Waals surface area contributed by atoms with Crippen LogP contribution in [0.15, 0.2) is 60.8 Å². The van der Waals surface area contributed by atoms with Crippen molar-refractivity contribution in [2.45, 2.75) is 32.2 Å². The molecule has 1 aliphatic rings. The standard InChI is InChI=1S/C31H30F4N4O4/c1-19-16-39(20(2)18-40)29(41)26-14-22(5-4-21-6-8-23(9-7-21)31(33,34)35)15-36-28(26)43-27(19)17-38(3)30(42)37-25-12-10-24(32)11-13-25/h6-15,19-20,27,40H,16-18H2,1-3H3,(H,37,42)/t19-,20?,27-/m0/s1. The molecule has 0 saturated heterocycles. The van der Waals surface area contributed by atoms with Gasteiger partial charge in [-0.25, -0.2) is 14.2 Å². The topological polar surface area (TPSA) is 95.0 Å². The minimum atomic E-state index is -4.46. The summed E-state index contributed by atoms with van der Waals surface area (Å²) < 4.78 is 58.0. The largest absolute Gasteiger partial charge is 0.472 e. The van der Waals surface area contributed by atoms with Crippen LogP contribution in [0.4, 0.5) is 28.0 Å². The number of alkyl halides is 3. The molecule has 4 rings (SSSR count). The first-order chi connectivity index (χ1) is 20.3. The Balaban J connectivity index is 1.59. The Kier molecular flexibility index (Phi) is 9.56. The fourth-order valence-electron chi connectivity index (χ4n) is 4.38. The van der Waals surface area contributed by atoms with Gasteiger partial charge in [-0.3, -0.25) is 4.79 Å². The SMILES string of the molecule is CC(CO)N1C[C@H](C)[C@H](CN(C)C(=O)Nc2ccc(F)cc2)Oc2ncc(C#Cc3ccc(C(F)(F)F)cc3)cc2C1=O. The highest BCUT2D eigenvalue weighted by molar-refractivity contribution is 5.97. The van der Waals surface area contributed by atoms with Crippen molar-refractivity contribution >= 4 is 17.6 Å². The van der Waals surface area contributed by atoms with Crippen LogP contribution in [0.2, 0.25) is 0 Å². The van der Waals surface area contributed by atoms with Crippen molar-refractivity contribution < 1.29 is 37.0 Å². The molecule has 3 aromatic rings. The van der Waals surface area contributed by atoms with Crippen molar-refractivity contribution in [3.05, 3.63) is 88.9 Å². The van der Waals surface area contributed by atoms with Crippen molar-refractivity contribution in [2.24, 2.45) is 5.92 Å². The molecule has 0 spiro atoms. The summed E-state index contributed by atoms with van der Waals surface area (Å²) in [5.41, 5.74) is 0.385. The van der Waals surface area contributed by atoms with E-state index < -0.39 is 41.6 Å². The first-order valence-corrected chi connectivity index (χ1v) is 13.4. The molecule has 2 heterocycles. The lowest BCUT2D eigenvalue weighted by Gasteiger charge is -2.37. The van der Waals surface area contributed by atoms with Crippen LogP contribution < -0.4 is 10.1 Å². The number of anilines is 1. The monoisotopic (exact) mass is 598 g/mol. The summed E-state index contributed by atoms with van der Waals surface area (Å²) in [6, 6.07) is 10.2. The zero-order valence-corrected chi connectivity index (χ0v) is 23.7. The van der Waals surface area contributed by atoms with Crippen molar-refractivity contribution in [1.82, 2.24) is 14.8 Å². The fourth-order valence-corrected chi connectivity index (χ4v) is 4.38. The minimum Gasteiger partial charge on any atom is -0.472 e. The summed E-state index contributed by atoms with van der Waals surface area (Å²) in [4.78, 5) is 33.7. The molecule has 12 heteroatoms. The van der Waals surface area contributed by atoms with Crippen LogP contribution in [0.5, 0.6) is 5.88 Å². The number of fused-ring (bicyclic) bond motifs is 1. The fraction of sp³-hybridized carbons (Fsp3) is 0.323. The van der Waals surface area contributed by atoms with Gasteiger partial charge in [0.1, 0.15) is 17.5 Å². The number of nitrogens with zero attached hydrogens (tertiary/aromatic N) is 3. The van der Waals surface area contributed by atoms with Crippen LogP contribution in [0.3, 0.4) is 0 Å². The molecule has 2 N–H and O–H groups in total. The van der Waals surface area contributed by atoms with Gasteiger partial charge in [0.15, 0.2) is 0 Å². The van der Waals surface area contributed by atoms with E-state index >= 15 is 0 Å². The number of aromatic nitrogens is 1. The number of rotatable bonds is 5. The first-order valence-electron chi connectivity index (χ1n) is 13.4. The van der Waals surface area contributed by atoms with Gasteiger partial charge in [-0.05, 0) is 61.5 Å². The number of urea groups is 1. The van der Waals surface area contributed by atoms with Crippen molar-refractivity contribution in [3.8, 4) is 17.7 Å². The highest BCUT2D eigenvalue weighted by Gasteiger charge is 2.35. The maximum absolute atomic E-state index is 13.6. The van der Waals surface area contributed by atoms with Gasteiger partial charge in [-0.2, -0.15) is 13.2 Å². The molecule has 0 saturated carbocycles. The second kappa shape index (κ2) is 13.1. The predicted molar refractivity (Wildman–Crippen MR) is 151 cm³/mol. The number of likely N-dealkylation sites (N-methyl/N-ethyl adjacent to an activating group) is 1. The van der Waals surface area contributed by atoms with Gasteiger partial charge in [0.2, 0.25) is 5.88 Å². The Morgan fingerprint density at radius 1 is 1.16 bits per heavy atom. The highest BCUT2D eigenvalue weighted by Crippen LogP contribution is 2.29. The lowest BCUT2D eigenvalue weighted by Crippen LogP contribution is -2.50. The van der Waals surface area contributed by atoms with E-state index in [4.69, 9.17) is 4.74 Å². The molecule has 3 amide bonds. The average Bonchev–Trinajstić information content (AvgIpc) is 2.98. The smallest absolute Gasteiger partial charge is 0.416 e. The van der Waals surface area contributed by atoms with E-state index in [9.17, 15) is 32.3 Å². The summed E-state index contributed by atoms with van der Waals surface area (Å²) >= 11 is 0. The maximum Gasteiger partial charge on any atom is 0.416 e. The Hall–Kier alpha value is -4.63. The normalized spacial score (nSPS) is 17.4.